The van der Waals surface area contributed by atoms with Crippen LogP contribution in [0.2, 0.25) is 0 Å². The first-order valence-electron chi connectivity index (χ1n) is 8.86. The van der Waals surface area contributed by atoms with Crippen LogP contribution >= 0.6 is 11.8 Å². The van der Waals surface area contributed by atoms with E-state index in [9.17, 15) is 4.79 Å². The minimum atomic E-state index is 0.129. The van der Waals surface area contributed by atoms with Crippen molar-refractivity contribution in [2.75, 3.05) is 12.9 Å². The SMILES string of the molecule is COc1ccc(SCC(=O)NC2CCC(c3ccccc3)CC2)cc1. The lowest BCUT2D eigenvalue weighted by Gasteiger charge is -2.29. The standard InChI is InChI=1S/C21H25NO2S/c1-24-19-11-13-20(14-12-19)25-15-21(23)22-18-9-7-17(8-10-18)16-5-3-2-4-6-16/h2-6,11-14,17-18H,7-10,15H2,1H3,(H,22,23). The summed E-state index contributed by atoms with van der Waals surface area (Å²) in [5.41, 5.74) is 1.43. The van der Waals surface area contributed by atoms with Crippen molar-refractivity contribution in [2.45, 2.75) is 42.5 Å². The largest absolute Gasteiger partial charge is 0.497 e. The highest BCUT2D eigenvalue weighted by Gasteiger charge is 2.23. The van der Waals surface area contributed by atoms with Gasteiger partial charge in [-0.3, -0.25) is 4.79 Å². The molecule has 3 rings (SSSR count). The van der Waals surface area contributed by atoms with Gasteiger partial charge < -0.3 is 10.1 Å². The second-order valence-electron chi connectivity index (χ2n) is 6.49. The molecule has 0 bridgehead atoms. The number of rotatable bonds is 6. The Hall–Kier alpha value is -1.94. The van der Waals surface area contributed by atoms with Gasteiger partial charge in [0.1, 0.15) is 5.75 Å². The summed E-state index contributed by atoms with van der Waals surface area (Å²) in [5, 5.41) is 3.20. The normalized spacial score (nSPS) is 20.0. The van der Waals surface area contributed by atoms with Gasteiger partial charge >= 0.3 is 0 Å². The maximum Gasteiger partial charge on any atom is 0.230 e. The average molecular weight is 356 g/mol. The van der Waals surface area contributed by atoms with Crippen molar-refractivity contribution in [1.82, 2.24) is 5.32 Å². The van der Waals surface area contributed by atoms with Crippen LogP contribution in [0.15, 0.2) is 59.5 Å². The fourth-order valence-corrected chi connectivity index (χ4v) is 4.10. The topological polar surface area (TPSA) is 38.3 Å². The van der Waals surface area contributed by atoms with Crippen molar-refractivity contribution >= 4 is 17.7 Å². The molecule has 0 unspecified atom stereocenters. The van der Waals surface area contributed by atoms with E-state index in [0.29, 0.717) is 17.7 Å². The van der Waals surface area contributed by atoms with Crippen LogP contribution in [0, 0.1) is 0 Å². The van der Waals surface area contributed by atoms with Gasteiger partial charge in [0, 0.05) is 10.9 Å². The zero-order chi connectivity index (χ0) is 17.5. The van der Waals surface area contributed by atoms with Crippen LogP contribution in [0.5, 0.6) is 5.75 Å². The maximum absolute atomic E-state index is 12.2. The highest BCUT2D eigenvalue weighted by molar-refractivity contribution is 8.00. The average Bonchev–Trinajstić information content (AvgIpc) is 2.68. The summed E-state index contributed by atoms with van der Waals surface area (Å²) >= 11 is 1.57. The van der Waals surface area contributed by atoms with E-state index in [4.69, 9.17) is 4.74 Å². The summed E-state index contributed by atoms with van der Waals surface area (Å²) in [6, 6.07) is 18.9. The molecule has 132 valence electrons. The zero-order valence-corrected chi connectivity index (χ0v) is 15.4. The second-order valence-corrected chi connectivity index (χ2v) is 7.54. The third kappa shape index (κ3) is 5.27. The monoisotopic (exact) mass is 355 g/mol. The summed E-state index contributed by atoms with van der Waals surface area (Å²) in [4.78, 5) is 13.3. The van der Waals surface area contributed by atoms with Crippen LogP contribution in [0.3, 0.4) is 0 Å². The van der Waals surface area contributed by atoms with Gasteiger partial charge in [-0.2, -0.15) is 0 Å². The van der Waals surface area contributed by atoms with Crippen LogP contribution in [0.25, 0.3) is 0 Å². The van der Waals surface area contributed by atoms with E-state index >= 15 is 0 Å². The highest BCUT2D eigenvalue weighted by Crippen LogP contribution is 2.32. The van der Waals surface area contributed by atoms with Gasteiger partial charge in [-0.15, -0.1) is 11.8 Å². The first-order valence-corrected chi connectivity index (χ1v) is 9.84. The summed E-state index contributed by atoms with van der Waals surface area (Å²) in [5.74, 6) is 2.07. The quantitative estimate of drug-likeness (QED) is 0.768. The maximum atomic E-state index is 12.2. The van der Waals surface area contributed by atoms with Gasteiger partial charge in [0.25, 0.3) is 0 Å². The lowest BCUT2D eigenvalue weighted by molar-refractivity contribution is -0.119. The molecule has 0 atom stereocenters. The smallest absolute Gasteiger partial charge is 0.230 e. The molecule has 2 aromatic rings. The van der Waals surface area contributed by atoms with Crippen molar-refractivity contribution in [3.63, 3.8) is 0 Å². The fourth-order valence-electron chi connectivity index (χ4n) is 3.39. The summed E-state index contributed by atoms with van der Waals surface area (Å²) in [6.45, 7) is 0. The Balaban J connectivity index is 1.40. The van der Waals surface area contributed by atoms with Gasteiger partial charge in [0.15, 0.2) is 0 Å². The molecule has 1 aliphatic rings. The van der Waals surface area contributed by atoms with Gasteiger partial charge in [-0.1, -0.05) is 30.3 Å². The van der Waals surface area contributed by atoms with E-state index in [0.717, 1.165) is 36.3 Å². The van der Waals surface area contributed by atoms with Crippen LogP contribution in [-0.4, -0.2) is 24.8 Å². The molecule has 0 radical (unpaired) electrons. The van der Waals surface area contributed by atoms with E-state index in [1.54, 1.807) is 18.9 Å². The van der Waals surface area contributed by atoms with Gasteiger partial charge in [0.2, 0.25) is 5.91 Å². The molecule has 1 N–H and O–H groups in total. The number of benzene rings is 2. The van der Waals surface area contributed by atoms with Crippen molar-refractivity contribution in [1.29, 1.82) is 0 Å². The molecular formula is C21H25NO2S. The van der Waals surface area contributed by atoms with Crippen LogP contribution in [-0.2, 0) is 4.79 Å². The van der Waals surface area contributed by atoms with Gasteiger partial charge in [-0.25, -0.2) is 0 Å². The lowest BCUT2D eigenvalue weighted by Crippen LogP contribution is -2.38. The van der Waals surface area contributed by atoms with Crippen molar-refractivity contribution in [2.24, 2.45) is 0 Å². The molecule has 0 saturated heterocycles. The highest BCUT2D eigenvalue weighted by atomic mass is 32.2. The Bertz CT molecular complexity index is 664. The minimum absolute atomic E-state index is 0.129. The molecule has 3 nitrogen and oxygen atoms in total. The molecule has 0 aliphatic heterocycles. The molecule has 0 heterocycles. The number of ether oxygens (including phenoxy) is 1. The first-order chi connectivity index (χ1) is 12.2. The Labute approximate surface area is 154 Å². The molecule has 2 aromatic carbocycles. The first kappa shape index (κ1) is 17.9. The molecule has 1 fully saturated rings. The third-order valence-electron chi connectivity index (χ3n) is 4.79. The van der Waals surface area contributed by atoms with Crippen LogP contribution in [0.4, 0.5) is 0 Å². The number of carbonyl (C=O) groups is 1. The van der Waals surface area contributed by atoms with E-state index in [1.165, 1.54) is 5.56 Å². The molecule has 0 aromatic heterocycles. The van der Waals surface area contributed by atoms with Crippen LogP contribution < -0.4 is 10.1 Å². The predicted molar refractivity (Wildman–Crippen MR) is 103 cm³/mol. The molecular weight excluding hydrogens is 330 g/mol. The van der Waals surface area contributed by atoms with Gasteiger partial charge in [-0.05, 0) is 61.4 Å². The van der Waals surface area contributed by atoms with E-state index in [2.05, 4.69) is 35.6 Å². The van der Waals surface area contributed by atoms with Crippen molar-refractivity contribution in [3.8, 4) is 5.75 Å². The number of methoxy groups -OCH3 is 1. The second kappa shape index (κ2) is 8.95. The molecule has 4 heteroatoms. The van der Waals surface area contributed by atoms with E-state index in [-0.39, 0.29) is 5.91 Å². The summed E-state index contributed by atoms with van der Waals surface area (Å²) < 4.78 is 5.15. The number of nitrogens with one attached hydrogen (secondary N) is 1. The predicted octanol–water partition coefficient (Wildman–Crippen LogP) is 4.63. The molecule has 25 heavy (non-hydrogen) atoms. The summed E-state index contributed by atoms with van der Waals surface area (Å²) in [6.07, 6.45) is 4.44. The molecule has 1 aliphatic carbocycles. The number of thioether (sulfide) groups is 1. The Morgan fingerprint density at radius 3 is 2.36 bits per heavy atom. The molecule has 0 spiro atoms. The van der Waals surface area contributed by atoms with E-state index in [1.807, 2.05) is 24.3 Å². The number of hydrogen-bond acceptors (Lipinski definition) is 3. The number of amides is 1. The number of hydrogen-bond donors (Lipinski definition) is 1. The Morgan fingerprint density at radius 2 is 1.72 bits per heavy atom. The minimum Gasteiger partial charge on any atom is -0.497 e. The van der Waals surface area contributed by atoms with Crippen LogP contribution in [0.1, 0.15) is 37.2 Å². The van der Waals surface area contributed by atoms with Crippen molar-refractivity contribution in [3.05, 3.63) is 60.2 Å². The Morgan fingerprint density at radius 1 is 1.04 bits per heavy atom. The fraction of sp³-hybridized carbons (Fsp3) is 0.381. The summed E-state index contributed by atoms with van der Waals surface area (Å²) in [7, 11) is 1.65. The van der Waals surface area contributed by atoms with Crippen molar-refractivity contribution < 1.29 is 9.53 Å². The zero-order valence-electron chi connectivity index (χ0n) is 14.6. The lowest BCUT2D eigenvalue weighted by atomic mass is 9.82. The third-order valence-corrected chi connectivity index (χ3v) is 5.80. The van der Waals surface area contributed by atoms with Gasteiger partial charge in [0.05, 0.1) is 12.9 Å². The number of carbonyl (C=O) groups excluding carboxylic acids is 1. The van der Waals surface area contributed by atoms with E-state index < -0.39 is 0 Å². The Kier molecular flexibility index (Phi) is 6.40. The molecule has 1 saturated carbocycles. The molecule has 1 amide bonds.